The molecule has 0 radical (unpaired) electrons. The fourth-order valence-electron chi connectivity index (χ4n) is 7.08. The Morgan fingerprint density at radius 3 is 1.77 bits per heavy atom. The summed E-state index contributed by atoms with van der Waals surface area (Å²) in [5, 5.41) is 0.236. The van der Waals surface area contributed by atoms with Crippen LogP contribution in [0.4, 0.5) is 4.79 Å². The van der Waals surface area contributed by atoms with Gasteiger partial charge in [-0.3, -0.25) is 4.57 Å². The van der Waals surface area contributed by atoms with E-state index < -0.39 is 41.1 Å². The monoisotopic (exact) mass is 654 g/mol. The van der Waals surface area contributed by atoms with Gasteiger partial charge in [0, 0.05) is 18.8 Å². The zero-order valence-corrected chi connectivity index (χ0v) is 31.7. The van der Waals surface area contributed by atoms with Crippen LogP contribution in [0.1, 0.15) is 96.4 Å². The Morgan fingerprint density at radius 2 is 1.37 bits per heavy atom. The van der Waals surface area contributed by atoms with Crippen molar-refractivity contribution in [3.05, 3.63) is 18.7 Å². The van der Waals surface area contributed by atoms with Crippen molar-refractivity contribution in [3.63, 3.8) is 0 Å². The lowest BCUT2D eigenvalue weighted by Crippen LogP contribution is -2.56. The Morgan fingerprint density at radius 1 is 0.860 bits per heavy atom. The molecular formula is C32H58N2O6SSi2. The molecule has 1 rings (SSSR count). The number of hydrogen-bond acceptors (Lipinski definition) is 8. The molecule has 0 aliphatic rings. The van der Waals surface area contributed by atoms with Gasteiger partial charge in [0.25, 0.3) is 5.17 Å². The fraction of sp³-hybridized carbons (Fsp3) is 0.781. The zero-order chi connectivity index (χ0) is 33.1. The lowest BCUT2D eigenvalue weighted by Gasteiger charge is -2.47. The third kappa shape index (κ3) is 9.89. The lowest BCUT2D eigenvalue weighted by atomic mass is 10.1. The first-order valence-electron chi connectivity index (χ1n) is 15.8. The molecule has 0 fully saturated rings. The van der Waals surface area contributed by atoms with E-state index in [0.29, 0.717) is 33.2 Å². The van der Waals surface area contributed by atoms with Gasteiger partial charge >= 0.3 is 6.16 Å². The molecule has 0 bridgehead atoms. The first kappa shape index (κ1) is 39.3. The van der Waals surface area contributed by atoms with Crippen LogP contribution >= 0.6 is 12.2 Å². The van der Waals surface area contributed by atoms with Crippen molar-refractivity contribution < 1.29 is 27.9 Å². The van der Waals surface area contributed by atoms with Crippen LogP contribution in [-0.2, 0) is 23.1 Å². The smallest absolute Gasteiger partial charge is 0.462 e. The molecule has 1 unspecified atom stereocenters. The molecule has 0 aliphatic heterocycles. The molecule has 8 nitrogen and oxygen atoms in total. The highest BCUT2D eigenvalue weighted by Crippen LogP contribution is 2.45. The van der Waals surface area contributed by atoms with E-state index in [0.717, 1.165) is 0 Å². The number of rotatable bonds is 17. The van der Waals surface area contributed by atoms with E-state index in [4.69, 9.17) is 41.7 Å². The number of thiocarbonyl (C=S) groups is 1. The third-order valence-electron chi connectivity index (χ3n) is 8.78. The van der Waals surface area contributed by atoms with Crippen LogP contribution in [-0.4, -0.2) is 69.0 Å². The molecular weight excluding hydrogens is 597 g/mol. The van der Waals surface area contributed by atoms with Gasteiger partial charge in [-0.1, -0.05) is 89.0 Å². The van der Waals surface area contributed by atoms with Gasteiger partial charge < -0.3 is 23.1 Å². The van der Waals surface area contributed by atoms with Crippen molar-refractivity contribution in [3.8, 4) is 12.3 Å². The summed E-state index contributed by atoms with van der Waals surface area (Å²) in [5.41, 5.74) is 1.99. The van der Waals surface area contributed by atoms with E-state index in [9.17, 15) is 4.79 Å². The summed E-state index contributed by atoms with van der Waals surface area (Å²) in [7, 11) is -4.77. The van der Waals surface area contributed by atoms with Gasteiger partial charge in [-0.25, -0.2) is 9.78 Å². The fourth-order valence-corrected chi connectivity index (χ4v) is 18.4. The number of aromatic nitrogens is 2. The number of hydrogen-bond donors (Lipinski definition) is 0. The van der Waals surface area contributed by atoms with Gasteiger partial charge in [-0.2, -0.15) is 0 Å². The Bertz CT molecular complexity index is 980. The summed E-state index contributed by atoms with van der Waals surface area (Å²) < 4.78 is 33.3. The van der Waals surface area contributed by atoms with Crippen LogP contribution in [0.3, 0.4) is 0 Å². The zero-order valence-electron chi connectivity index (χ0n) is 28.9. The average Bonchev–Trinajstić information content (AvgIpc) is 3.44. The van der Waals surface area contributed by atoms with Gasteiger partial charge in [0.1, 0.15) is 12.4 Å². The first-order chi connectivity index (χ1) is 20.0. The lowest BCUT2D eigenvalue weighted by molar-refractivity contribution is -0.0256. The summed E-state index contributed by atoms with van der Waals surface area (Å²) in [4.78, 5) is 16.5. The van der Waals surface area contributed by atoms with Crippen LogP contribution in [0.2, 0.25) is 33.2 Å². The summed E-state index contributed by atoms with van der Waals surface area (Å²) in [5.74, 6) is 2.63. The minimum absolute atomic E-state index is 0.186. The maximum absolute atomic E-state index is 12.3. The van der Waals surface area contributed by atoms with Crippen LogP contribution in [0.25, 0.3) is 0 Å². The van der Waals surface area contributed by atoms with Crippen molar-refractivity contribution >= 4 is 40.2 Å². The van der Waals surface area contributed by atoms with Gasteiger partial charge in [0.2, 0.25) is 16.6 Å². The molecule has 11 heteroatoms. The summed E-state index contributed by atoms with van der Waals surface area (Å²) >= 11 is 5.74. The standard InChI is InChI=1S/C32H58N2O6SSi2/c1-15-28(38-32(35)36-16-2)19-29(40-43(25(9)10,26(11)12)27(13)14)30(39-31(41)34-18-17-33-21-34)20-37-42(22(3)4,23(5)6)24(7)8/h1,17-18,21-30H,16,19-20H2,2-14H3/t28?,29-,30+/m0/s1. The number of imidazole rings is 1. The Hall–Kier alpha value is -1.72. The SMILES string of the molecule is C#CC(C[C@H](O[Si](C(C)C)(C(C)C)C(C)C)[C@@H](CO[Si](C(C)C)(C(C)C)C(C)C)OC(=S)n1ccnc1)OC(=O)OCC. The number of terminal acetylenes is 1. The second-order valence-corrected chi connectivity index (χ2v) is 24.4. The summed E-state index contributed by atoms with van der Waals surface area (Å²) in [6.45, 7) is 29.1. The molecule has 0 saturated carbocycles. The number of nitrogens with zero attached hydrogens (tertiary/aromatic N) is 2. The van der Waals surface area contributed by atoms with Crippen LogP contribution < -0.4 is 0 Å². The number of ether oxygens (including phenoxy) is 3. The van der Waals surface area contributed by atoms with Crippen molar-refractivity contribution in [2.45, 2.75) is 148 Å². The molecule has 3 atom stereocenters. The Balaban J connectivity index is 3.76. The molecule has 0 aliphatic carbocycles. The highest BCUT2D eigenvalue weighted by atomic mass is 32.1. The normalized spacial score (nSPS) is 14.8. The van der Waals surface area contributed by atoms with Crippen molar-refractivity contribution in [2.24, 2.45) is 0 Å². The molecule has 0 aromatic carbocycles. The van der Waals surface area contributed by atoms with Gasteiger partial charge in [0.15, 0.2) is 6.10 Å². The largest absolute Gasteiger partial charge is 0.509 e. The molecule has 1 aromatic rings. The number of carbonyl (C=O) groups is 1. The maximum atomic E-state index is 12.3. The van der Waals surface area contributed by atoms with Crippen LogP contribution in [0.15, 0.2) is 18.7 Å². The van der Waals surface area contributed by atoms with Gasteiger partial charge in [0.05, 0.1) is 19.3 Å². The predicted molar refractivity (Wildman–Crippen MR) is 183 cm³/mol. The Kier molecular flexibility index (Phi) is 16.2. The minimum atomic E-state index is -2.47. The van der Waals surface area contributed by atoms with Crippen molar-refractivity contribution in [1.82, 2.24) is 9.55 Å². The van der Waals surface area contributed by atoms with E-state index in [1.165, 1.54) is 0 Å². The van der Waals surface area contributed by atoms with E-state index in [2.05, 4.69) is 94.0 Å². The van der Waals surface area contributed by atoms with Crippen LogP contribution in [0, 0.1) is 12.3 Å². The van der Waals surface area contributed by atoms with E-state index >= 15 is 0 Å². The van der Waals surface area contributed by atoms with E-state index in [1.807, 2.05) is 0 Å². The topological polar surface area (TPSA) is 81.0 Å². The molecule has 43 heavy (non-hydrogen) atoms. The minimum Gasteiger partial charge on any atom is -0.462 e. The van der Waals surface area contributed by atoms with E-state index in [1.54, 1.807) is 30.2 Å². The summed E-state index contributed by atoms with van der Waals surface area (Å²) in [6.07, 6.45) is 8.23. The molecule has 246 valence electrons. The molecule has 0 amide bonds. The third-order valence-corrected chi connectivity index (χ3v) is 21.3. The highest BCUT2D eigenvalue weighted by molar-refractivity contribution is 7.80. The molecule has 0 spiro atoms. The Labute approximate surface area is 269 Å². The predicted octanol–water partition coefficient (Wildman–Crippen LogP) is 8.72. The molecule has 0 N–H and O–H groups in total. The molecule has 1 aromatic heterocycles. The second-order valence-electron chi connectivity index (χ2n) is 13.2. The van der Waals surface area contributed by atoms with Gasteiger partial charge in [-0.05, 0) is 52.4 Å². The molecule has 0 saturated heterocycles. The first-order valence-corrected chi connectivity index (χ1v) is 20.5. The average molecular weight is 655 g/mol. The van der Waals surface area contributed by atoms with Crippen molar-refractivity contribution in [1.29, 1.82) is 0 Å². The number of carbonyl (C=O) groups excluding carboxylic acids is 1. The van der Waals surface area contributed by atoms with Gasteiger partial charge in [-0.15, -0.1) is 6.42 Å². The maximum Gasteiger partial charge on any atom is 0.509 e. The molecule has 1 heterocycles. The second kappa shape index (κ2) is 17.7. The summed E-state index contributed by atoms with van der Waals surface area (Å²) in [6, 6.07) is 0. The van der Waals surface area contributed by atoms with Crippen molar-refractivity contribution in [2.75, 3.05) is 13.2 Å². The highest BCUT2D eigenvalue weighted by Gasteiger charge is 2.50. The quantitative estimate of drug-likeness (QED) is 0.0714. The van der Waals surface area contributed by atoms with Crippen LogP contribution in [0.5, 0.6) is 0 Å². The van der Waals surface area contributed by atoms with E-state index in [-0.39, 0.29) is 24.8 Å².